The Morgan fingerprint density at radius 2 is 1.83 bits per heavy atom. The molecule has 2 aromatic carbocycles. The van der Waals surface area contributed by atoms with E-state index in [2.05, 4.69) is 26.6 Å². The lowest BCUT2D eigenvalue weighted by molar-refractivity contribution is 0.247. The Morgan fingerprint density at radius 3 is 2.57 bits per heavy atom. The monoisotopic (exact) mass is 378 g/mol. The molecule has 0 bridgehead atoms. The lowest BCUT2D eigenvalue weighted by atomic mass is 10.3. The summed E-state index contributed by atoms with van der Waals surface area (Å²) in [5.74, 6) is 1.41. The van der Waals surface area contributed by atoms with Crippen molar-refractivity contribution in [3.8, 4) is 11.5 Å². The van der Waals surface area contributed by atoms with Gasteiger partial charge in [0.05, 0.1) is 18.8 Å². The van der Waals surface area contributed by atoms with Gasteiger partial charge in [0.25, 0.3) is 0 Å². The standard InChI is InChI=1S/C17H19BrN2O3/c1-2-22-16-6-4-3-5-15(16)20-17(21)19-11-12-23-14-9-7-13(18)8-10-14/h3-10H,2,11-12H2,1H3,(H2,19,20,21). The summed E-state index contributed by atoms with van der Waals surface area (Å²) in [6, 6.07) is 14.6. The highest BCUT2D eigenvalue weighted by Gasteiger charge is 2.06. The lowest BCUT2D eigenvalue weighted by Gasteiger charge is -2.12. The molecule has 2 aromatic rings. The number of urea groups is 1. The zero-order chi connectivity index (χ0) is 16.5. The molecule has 0 aliphatic rings. The molecule has 0 fully saturated rings. The number of anilines is 1. The summed E-state index contributed by atoms with van der Waals surface area (Å²) in [5.41, 5.74) is 0.640. The van der Waals surface area contributed by atoms with E-state index in [9.17, 15) is 4.79 Å². The molecule has 0 saturated heterocycles. The molecular weight excluding hydrogens is 360 g/mol. The summed E-state index contributed by atoms with van der Waals surface area (Å²) >= 11 is 3.36. The van der Waals surface area contributed by atoms with E-state index in [1.54, 1.807) is 6.07 Å². The van der Waals surface area contributed by atoms with Gasteiger partial charge in [-0.1, -0.05) is 28.1 Å². The molecule has 2 amide bonds. The number of halogens is 1. The van der Waals surface area contributed by atoms with Crippen molar-refractivity contribution in [3.05, 3.63) is 53.0 Å². The minimum absolute atomic E-state index is 0.295. The molecule has 0 radical (unpaired) electrons. The molecule has 0 aliphatic heterocycles. The van der Waals surface area contributed by atoms with Gasteiger partial charge in [-0.05, 0) is 43.3 Å². The van der Waals surface area contributed by atoms with Gasteiger partial charge in [-0.3, -0.25) is 0 Å². The molecule has 2 rings (SSSR count). The van der Waals surface area contributed by atoms with E-state index in [-0.39, 0.29) is 6.03 Å². The second kappa shape index (κ2) is 9.05. The van der Waals surface area contributed by atoms with E-state index in [0.29, 0.717) is 31.2 Å². The van der Waals surface area contributed by atoms with Crippen molar-refractivity contribution in [2.45, 2.75) is 6.92 Å². The smallest absolute Gasteiger partial charge is 0.319 e. The quantitative estimate of drug-likeness (QED) is 0.714. The average molecular weight is 379 g/mol. The first-order valence-electron chi connectivity index (χ1n) is 7.34. The van der Waals surface area contributed by atoms with Crippen LogP contribution < -0.4 is 20.1 Å². The third-order valence-corrected chi connectivity index (χ3v) is 3.43. The molecule has 2 N–H and O–H groups in total. The number of para-hydroxylation sites is 2. The van der Waals surface area contributed by atoms with Crippen LogP contribution in [0, 0.1) is 0 Å². The molecule has 0 atom stereocenters. The number of amides is 2. The maximum absolute atomic E-state index is 11.9. The Kier molecular flexibility index (Phi) is 6.75. The summed E-state index contributed by atoms with van der Waals surface area (Å²) in [5, 5.41) is 5.51. The van der Waals surface area contributed by atoms with Gasteiger partial charge in [-0.25, -0.2) is 4.79 Å². The lowest BCUT2D eigenvalue weighted by Crippen LogP contribution is -2.32. The van der Waals surface area contributed by atoms with Crippen LogP contribution in [0.3, 0.4) is 0 Å². The number of hydrogen-bond donors (Lipinski definition) is 2. The van der Waals surface area contributed by atoms with Gasteiger partial charge in [0, 0.05) is 4.47 Å². The van der Waals surface area contributed by atoms with Gasteiger partial charge in [0.1, 0.15) is 18.1 Å². The Labute approximate surface area is 144 Å². The number of hydrogen-bond acceptors (Lipinski definition) is 3. The van der Waals surface area contributed by atoms with E-state index in [0.717, 1.165) is 10.2 Å². The number of nitrogens with one attached hydrogen (secondary N) is 2. The summed E-state index contributed by atoms with van der Waals surface area (Å²) in [6.45, 7) is 3.23. The number of rotatable bonds is 7. The summed E-state index contributed by atoms with van der Waals surface area (Å²) < 4.78 is 12.0. The van der Waals surface area contributed by atoms with Gasteiger partial charge in [-0.15, -0.1) is 0 Å². The third kappa shape index (κ3) is 5.83. The molecular formula is C17H19BrN2O3. The van der Waals surface area contributed by atoms with Crippen LogP contribution in [0.5, 0.6) is 11.5 Å². The van der Waals surface area contributed by atoms with Crippen LogP contribution in [0.1, 0.15) is 6.92 Å². The van der Waals surface area contributed by atoms with E-state index in [1.165, 1.54) is 0 Å². The van der Waals surface area contributed by atoms with Crippen LogP contribution in [0.4, 0.5) is 10.5 Å². The highest BCUT2D eigenvalue weighted by Crippen LogP contribution is 2.23. The first-order valence-corrected chi connectivity index (χ1v) is 8.13. The number of carbonyl (C=O) groups excluding carboxylic acids is 1. The number of ether oxygens (including phenoxy) is 2. The maximum atomic E-state index is 11.9. The van der Waals surface area contributed by atoms with Gasteiger partial charge in [-0.2, -0.15) is 0 Å². The molecule has 122 valence electrons. The molecule has 0 aliphatic carbocycles. The van der Waals surface area contributed by atoms with E-state index < -0.39 is 0 Å². The Morgan fingerprint density at radius 1 is 1.09 bits per heavy atom. The molecule has 0 saturated carbocycles. The Hall–Kier alpha value is -2.21. The van der Waals surface area contributed by atoms with Crippen molar-refractivity contribution in [2.75, 3.05) is 25.1 Å². The zero-order valence-electron chi connectivity index (χ0n) is 12.8. The van der Waals surface area contributed by atoms with Crippen molar-refractivity contribution in [1.82, 2.24) is 5.32 Å². The predicted octanol–water partition coefficient (Wildman–Crippen LogP) is 4.05. The summed E-state index contributed by atoms with van der Waals surface area (Å²) in [7, 11) is 0. The van der Waals surface area contributed by atoms with Crippen molar-refractivity contribution >= 4 is 27.6 Å². The fraction of sp³-hybridized carbons (Fsp3) is 0.235. The first kappa shape index (κ1) is 17.1. The van der Waals surface area contributed by atoms with Crippen molar-refractivity contribution < 1.29 is 14.3 Å². The van der Waals surface area contributed by atoms with Gasteiger partial charge >= 0.3 is 6.03 Å². The van der Waals surface area contributed by atoms with Gasteiger partial charge in [0.2, 0.25) is 0 Å². The van der Waals surface area contributed by atoms with Crippen LogP contribution in [0.25, 0.3) is 0 Å². The average Bonchev–Trinajstić information content (AvgIpc) is 2.55. The Balaban J connectivity index is 1.74. The number of carbonyl (C=O) groups is 1. The molecule has 23 heavy (non-hydrogen) atoms. The minimum atomic E-state index is -0.295. The fourth-order valence-corrected chi connectivity index (χ4v) is 2.15. The normalized spacial score (nSPS) is 10.0. The molecule has 0 unspecified atom stereocenters. The molecule has 0 aromatic heterocycles. The van der Waals surface area contributed by atoms with Gasteiger partial charge in [0.15, 0.2) is 0 Å². The van der Waals surface area contributed by atoms with E-state index >= 15 is 0 Å². The second-order valence-corrected chi connectivity index (χ2v) is 5.53. The molecule has 5 nitrogen and oxygen atoms in total. The second-order valence-electron chi connectivity index (χ2n) is 4.61. The maximum Gasteiger partial charge on any atom is 0.319 e. The first-order chi connectivity index (χ1) is 11.2. The zero-order valence-corrected chi connectivity index (χ0v) is 14.4. The van der Waals surface area contributed by atoms with Crippen molar-refractivity contribution in [1.29, 1.82) is 0 Å². The van der Waals surface area contributed by atoms with Gasteiger partial charge < -0.3 is 20.1 Å². The summed E-state index contributed by atoms with van der Waals surface area (Å²) in [4.78, 5) is 11.9. The fourth-order valence-electron chi connectivity index (χ4n) is 1.88. The van der Waals surface area contributed by atoms with Crippen molar-refractivity contribution in [3.63, 3.8) is 0 Å². The molecule has 0 heterocycles. The minimum Gasteiger partial charge on any atom is -0.492 e. The Bertz CT molecular complexity index is 632. The van der Waals surface area contributed by atoms with Crippen LogP contribution in [-0.2, 0) is 0 Å². The largest absolute Gasteiger partial charge is 0.492 e. The topological polar surface area (TPSA) is 59.6 Å². The van der Waals surface area contributed by atoms with Crippen LogP contribution in [-0.4, -0.2) is 25.8 Å². The summed E-state index contributed by atoms with van der Waals surface area (Å²) in [6.07, 6.45) is 0. The number of benzene rings is 2. The van der Waals surface area contributed by atoms with Crippen LogP contribution >= 0.6 is 15.9 Å². The van der Waals surface area contributed by atoms with E-state index in [4.69, 9.17) is 9.47 Å². The molecule has 0 spiro atoms. The van der Waals surface area contributed by atoms with E-state index in [1.807, 2.05) is 49.4 Å². The highest BCUT2D eigenvalue weighted by atomic mass is 79.9. The van der Waals surface area contributed by atoms with Crippen molar-refractivity contribution in [2.24, 2.45) is 0 Å². The third-order valence-electron chi connectivity index (χ3n) is 2.91. The van der Waals surface area contributed by atoms with Crippen LogP contribution in [0.2, 0.25) is 0 Å². The van der Waals surface area contributed by atoms with Crippen LogP contribution in [0.15, 0.2) is 53.0 Å². The molecule has 6 heteroatoms. The predicted molar refractivity (Wildman–Crippen MR) is 94.3 cm³/mol. The highest BCUT2D eigenvalue weighted by molar-refractivity contribution is 9.10. The SMILES string of the molecule is CCOc1ccccc1NC(=O)NCCOc1ccc(Br)cc1.